The highest BCUT2D eigenvalue weighted by atomic mass is 16.5. The molecule has 0 spiro atoms. The van der Waals surface area contributed by atoms with Crippen molar-refractivity contribution in [2.45, 2.75) is 6.54 Å². The summed E-state index contributed by atoms with van der Waals surface area (Å²) in [6.45, 7) is 2.34. The van der Waals surface area contributed by atoms with Gasteiger partial charge in [-0.25, -0.2) is 0 Å². The highest BCUT2D eigenvalue weighted by Gasteiger charge is 2.19. The van der Waals surface area contributed by atoms with Crippen molar-refractivity contribution in [3.05, 3.63) is 29.3 Å². The first-order valence-electron chi connectivity index (χ1n) is 5.80. The van der Waals surface area contributed by atoms with E-state index < -0.39 is 0 Å². The molecule has 1 aromatic rings. The van der Waals surface area contributed by atoms with E-state index in [-0.39, 0.29) is 5.91 Å². The quantitative estimate of drug-likeness (QED) is 0.842. The molecule has 1 N–H and O–H groups in total. The van der Waals surface area contributed by atoms with E-state index in [1.807, 2.05) is 0 Å². The fraction of sp³-hybridized carbons (Fsp3) is 0.385. The SMILES string of the molecule is COc1ccc(C#N)cc1CN1CCNCC1=O. The van der Waals surface area contributed by atoms with Crippen molar-refractivity contribution in [1.29, 1.82) is 5.26 Å². The number of nitriles is 1. The molecule has 1 amide bonds. The maximum atomic E-state index is 11.7. The Bertz CT molecular complexity index is 493. The predicted molar refractivity (Wildman–Crippen MR) is 66.0 cm³/mol. The van der Waals surface area contributed by atoms with Crippen LogP contribution in [0.15, 0.2) is 18.2 Å². The standard InChI is InChI=1S/C13H15N3O2/c1-18-12-3-2-10(7-14)6-11(12)9-16-5-4-15-8-13(16)17/h2-3,6,15H,4-5,8-9H2,1H3. The van der Waals surface area contributed by atoms with Gasteiger partial charge in [0, 0.05) is 25.2 Å². The van der Waals surface area contributed by atoms with E-state index in [1.165, 1.54) is 0 Å². The number of piperazine rings is 1. The van der Waals surface area contributed by atoms with Gasteiger partial charge in [0.25, 0.3) is 0 Å². The summed E-state index contributed by atoms with van der Waals surface area (Å²) in [6, 6.07) is 7.34. The first-order valence-corrected chi connectivity index (χ1v) is 5.80. The maximum Gasteiger partial charge on any atom is 0.236 e. The highest BCUT2D eigenvalue weighted by molar-refractivity contribution is 5.79. The molecular formula is C13H15N3O2. The molecule has 1 aliphatic rings. The molecule has 94 valence electrons. The lowest BCUT2D eigenvalue weighted by molar-refractivity contribution is -0.132. The molecule has 1 aliphatic heterocycles. The second-order valence-corrected chi connectivity index (χ2v) is 4.13. The van der Waals surface area contributed by atoms with Crippen molar-refractivity contribution in [2.24, 2.45) is 0 Å². The summed E-state index contributed by atoms with van der Waals surface area (Å²) >= 11 is 0. The van der Waals surface area contributed by atoms with Crippen molar-refractivity contribution < 1.29 is 9.53 Å². The van der Waals surface area contributed by atoms with Crippen LogP contribution in [0.1, 0.15) is 11.1 Å². The first-order chi connectivity index (χ1) is 8.74. The summed E-state index contributed by atoms with van der Waals surface area (Å²) in [4.78, 5) is 13.5. The van der Waals surface area contributed by atoms with Gasteiger partial charge in [-0.2, -0.15) is 5.26 Å². The van der Waals surface area contributed by atoms with Gasteiger partial charge in [-0.3, -0.25) is 4.79 Å². The van der Waals surface area contributed by atoms with Crippen LogP contribution in [0.4, 0.5) is 0 Å². The van der Waals surface area contributed by atoms with Crippen LogP contribution in [0.2, 0.25) is 0 Å². The van der Waals surface area contributed by atoms with Crippen molar-refractivity contribution >= 4 is 5.91 Å². The smallest absolute Gasteiger partial charge is 0.236 e. The largest absolute Gasteiger partial charge is 0.496 e. The molecule has 0 bridgehead atoms. The number of hydrogen-bond acceptors (Lipinski definition) is 4. The van der Waals surface area contributed by atoms with E-state index in [9.17, 15) is 4.79 Å². The average molecular weight is 245 g/mol. The Hall–Kier alpha value is -2.06. The number of carbonyl (C=O) groups is 1. The van der Waals surface area contributed by atoms with E-state index >= 15 is 0 Å². The third-order valence-corrected chi connectivity index (χ3v) is 2.96. The molecule has 0 aliphatic carbocycles. The van der Waals surface area contributed by atoms with Gasteiger partial charge in [0.1, 0.15) is 5.75 Å². The number of nitrogens with zero attached hydrogens (tertiary/aromatic N) is 2. The van der Waals surface area contributed by atoms with Crippen LogP contribution in [0.5, 0.6) is 5.75 Å². The molecule has 0 radical (unpaired) electrons. The van der Waals surface area contributed by atoms with E-state index in [4.69, 9.17) is 10.00 Å². The van der Waals surface area contributed by atoms with Crippen LogP contribution in [-0.4, -0.2) is 37.6 Å². The molecule has 1 heterocycles. The summed E-state index contributed by atoms with van der Waals surface area (Å²) < 4.78 is 5.26. The number of carbonyl (C=O) groups excluding carboxylic acids is 1. The van der Waals surface area contributed by atoms with Gasteiger partial charge in [0.05, 0.1) is 25.3 Å². The van der Waals surface area contributed by atoms with Crippen LogP contribution in [0.3, 0.4) is 0 Å². The number of methoxy groups -OCH3 is 1. The first kappa shape index (κ1) is 12.4. The minimum atomic E-state index is 0.0747. The molecule has 5 nitrogen and oxygen atoms in total. The van der Waals surface area contributed by atoms with Gasteiger partial charge in [0.2, 0.25) is 5.91 Å². The van der Waals surface area contributed by atoms with Gasteiger partial charge >= 0.3 is 0 Å². The van der Waals surface area contributed by atoms with E-state index in [1.54, 1.807) is 30.2 Å². The number of hydrogen-bond donors (Lipinski definition) is 1. The summed E-state index contributed by atoms with van der Waals surface area (Å²) in [7, 11) is 1.59. The van der Waals surface area contributed by atoms with Gasteiger partial charge < -0.3 is 15.0 Å². The third-order valence-electron chi connectivity index (χ3n) is 2.96. The summed E-state index contributed by atoms with van der Waals surface area (Å²) in [5, 5.41) is 11.9. The summed E-state index contributed by atoms with van der Waals surface area (Å²) in [5.41, 5.74) is 1.44. The maximum absolute atomic E-state index is 11.7. The number of nitrogens with one attached hydrogen (secondary N) is 1. The lowest BCUT2D eigenvalue weighted by Gasteiger charge is -2.28. The Labute approximate surface area is 106 Å². The van der Waals surface area contributed by atoms with Gasteiger partial charge in [-0.1, -0.05) is 0 Å². The number of ether oxygens (including phenoxy) is 1. The van der Waals surface area contributed by atoms with Crippen LogP contribution in [-0.2, 0) is 11.3 Å². The van der Waals surface area contributed by atoms with E-state index in [2.05, 4.69) is 11.4 Å². The molecule has 18 heavy (non-hydrogen) atoms. The zero-order chi connectivity index (χ0) is 13.0. The Morgan fingerprint density at radius 3 is 3.06 bits per heavy atom. The Kier molecular flexibility index (Phi) is 3.80. The van der Waals surface area contributed by atoms with Crippen molar-refractivity contribution in [1.82, 2.24) is 10.2 Å². The molecule has 0 atom stereocenters. The Morgan fingerprint density at radius 2 is 2.39 bits per heavy atom. The molecule has 5 heteroatoms. The third kappa shape index (κ3) is 2.60. The van der Waals surface area contributed by atoms with Crippen LogP contribution in [0, 0.1) is 11.3 Å². The minimum absolute atomic E-state index is 0.0747. The number of rotatable bonds is 3. The van der Waals surface area contributed by atoms with Gasteiger partial charge in [-0.15, -0.1) is 0 Å². The molecule has 1 aromatic carbocycles. The molecule has 1 fully saturated rings. The average Bonchev–Trinajstić information content (AvgIpc) is 2.41. The lowest BCUT2D eigenvalue weighted by atomic mass is 10.1. The predicted octanol–water partition coefficient (Wildman–Crippen LogP) is 0.499. The normalized spacial score (nSPS) is 15.3. The molecule has 2 rings (SSSR count). The summed E-state index contributed by atoms with van der Waals surface area (Å²) in [6.07, 6.45) is 0. The highest BCUT2D eigenvalue weighted by Crippen LogP contribution is 2.21. The molecule has 0 unspecified atom stereocenters. The molecule has 0 aromatic heterocycles. The molecule has 0 saturated carbocycles. The monoisotopic (exact) mass is 245 g/mol. The second-order valence-electron chi connectivity index (χ2n) is 4.13. The Balaban J connectivity index is 2.21. The van der Waals surface area contributed by atoms with E-state index in [0.717, 1.165) is 12.1 Å². The van der Waals surface area contributed by atoms with E-state index in [0.29, 0.717) is 30.9 Å². The number of benzene rings is 1. The van der Waals surface area contributed by atoms with Crippen LogP contribution < -0.4 is 10.1 Å². The molecular weight excluding hydrogens is 230 g/mol. The van der Waals surface area contributed by atoms with Crippen molar-refractivity contribution in [3.8, 4) is 11.8 Å². The fourth-order valence-electron chi connectivity index (χ4n) is 1.99. The van der Waals surface area contributed by atoms with Crippen molar-refractivity contribution in [3.63, 3.8) is 0 Å². The Morgan fingerprint density at radius 1 is 1.56 bits per heavy atom. The zero-order valence-electron chi connectivity index (χ0n) is 10.3. The van der Waals surface area contributed by atoms with Crippen molar-refractivity contribution in [2.75, 3.05) is 26.7 Å². The lowest BCUT2D eigenvalue weighted by Crippen LogP contribution is -2.47. The number of amides is 1. The molecule has 1 saturated heterocycles. The second kappa shape index (κ2) is 5.52. The summed E-state index contributed by atoms with van der Waals surface area (Å²) in [5.74, 6) is 0.783. The van der Waals surface area contributed by atoms with Gasteiger partial charge in [-0.05, 0) is 18.2 Å². The van der Waals surface area contributed by atoms with Gasteiger partial charge in [0.15, 0.2) is 0 Å². The topological polar surface area (TPSA) is 65.4 Å². The minimum Gasteiger partial charge on any atom is -0.496 e. The van der Waals surface area contributed by atoms with Crippen LogP contribution >= 0.6 is 0 Å². The zero-order valence-corrected chi connectivity index (χ0v) is 10.3. The fourth-order valence-corrected chi connectivity index (χ4v) is 1.99. The van der Waals surface area contributed by atoms with Crippen LogP contribution in [0.25, 0.3) is 0 Å².